The molecule has 3 heterocycles. The van der Waals surface area contributed by atoms with Crippen molar-refractivity contribution in [3.05, 3.63) is 16.7 Å². The van der Waals surface area contributed by atoms with Crippen molar-refractivity contribution >= 4 is 40.4 Å². The second kappa shape index (κ2) is 9.59. The summed E-state index contributed by atoms with van der Waals surface area (Å²) in [6.45, 7) is -0.930. The van der Waals surface area contributed by atoms with Crippen LogP contribution in [-0.4, -0.2) is 71.5 Å². The minimum Gasteiger partial charge on any atom is -0.387 e. The van der Waals surface area contributed by atoms with Crippen molar-refractivity contribution in [1.82, 2.24) is 19.5 Å². The highest BCUT2D eigenvalue weighted by Crippen LogP contribution is 2.69. The van der Waals surface area contributed by atoms with E-state index in [0.29, 0.717) is 7.11 Å². The van der Waals surface area contributed by atoms with Crippen molar-refractivity contribution in [3.63, 3.8) is 0 Å². The molecule has 2 aromatic rings. The van der Waals surface area contributed by atoms with E-state index in [1.54, 1.807) is 0 Å². The molecule has 7 N–H and O–H groups in total. The quantitative estimate of drug-likeness (QED) is 0.163. The molecule has 3 rings (SSSR count). The van der Waals surface area contributed by atoms with Crippen LogP contribution in [0.25, 0.3) is 11.2 Å². The number of ether oxygens (including phenoxy) is 1. The molecule has 0 radical (unpaired) electrons. The summed E-state index contributed by atoms with van der Waals surface area (Å²) < 4.78 is 59.4. The van der Waals surface area contributed by atoms with Crippen molar-refractivity contribution in [1.29, 1.82) is 0 Å². The Bertz CT molecular complexity index is 1320. The van der Waals surface area contributed by atoms with Crippen LogP contribution >= 0.6 is 23.2 Å². The van der Waals surface area contributed by atoms with Crippen molar-refractivity contribution in [2.75, 3.05) is 19.5 Å². The van der Waals surface area contributed by atoms with Gasteiger partial charge in [-0.15, -0.1) is 6.42 Å². The fourth-order valence-corrected chi connectivity index (χ4v) is 6.51. The van der Waals surface area contributed by atoms with E-state index in [0.717, 1.165) is 10.9 Å². The number of rotatable bonds is 9. The number of aromatic amines is 1. The van der Waals surface area contributed by atoms with E-state index in [2.05, 4.69) is 32.6 Å². The van der Waals surface area contributed by atoms with E-state index < -0.39 is 59.9 Å². The summed E-state index contributed by atoms with van der Waals surface area (Å²) in [6, 6.07) is 0. The topological polar surface area (TPSA) is 268 Å². The molecule has 5 unspecified atom stereocenters. The van der Waals surface area contributed by atoms with Crippen LogP contribution in [0.5, 0.6) is 0 Å². The highest BCUT2D eigenvalue weighted by atomic mass is 31.3. The van der Waals surface area contributed by atoms with Gasteiger partial charge in [-0.2, -0.15) is 13.6 Å². The largest absolute Gasteiger partial charge is 0.491 e. The Balaban J connectivity index is 1.73. The van der Waals surface area contributed by atoms with E-state index in [1.807, 2.05) is 0 Å². The summed E-state index contributed by atoms with van der Waals surface area (Å²) in [7, 11) is -14.8. The highest BCUT2D eigenvalue weighted by molar-refractivity contribution is 7.70. The summed E-state index contributed by atoms with van der Waals surface area (Å²) in [6.07, 6.45) is -0.414. The number of phosphoric ester groups is 1. The number of H-pyrrole nitrogens is 1. The molecule has 1 fully saturated rings. The molecule has 0 aliphatic carbocycles. The zero-order valence-electron chi connectivity index (χ0n) is 16.9. The second-order valence-corrected chi connectivity index (χ2v) is 11.6. The molecule has 0 aromatic carbocycles. The number of imidazole rings is 1. The zero-order chi connectivity index (χ0) is 25.5. The fraction of sp³-hybridized carbons (Fsp3) is 0.462. The molecule has 0 spiro atoms. The lowest BCUT2D eigenvalue weighted by Crippen LogP contribution is -2.33. The third kappa shape index (κ3) is 5.64. The number of hydrogen-bond donors (Lipinski definition) is 6. The van der Waals surface area contributed by atoms with Gasteiger partial charge < -0.3 is 30.5 Å². The maximum Gasteiger partial charge on any atom is 0.491 e. The third-order valence-corrected chi connectivity index (χ3v) is 8.82. The van der Waals surface area contributed by atoms with Crippen molar-refractivity contribution in [2.24, 2.45) is 0 Å². The standard InChI is InChI=1S/C13H18N5O13P3/c1-3-32(22,23)30-34(26,27-2)31-33(24,25)28-4-6-8(19)9(20)12(29-6)18-5-15-7-10(18)16-13(14)17-11(7)21/h1,5-6,8-9,12,19-20H,4H2,2H3,(H,22,23)(H,24,25)(H3,14,16,17,21)/t6-,8?,9?,12-,34?/m1/s1. The summed E-state index contributed by atoms with van der Waals surface area (Å²) >= 11 is 0. The van der Waals surface area contributed by atoms with Crippen LogP contribution in [-0.2, 0) is 36.1 Å². The Morgan fingerprint density at radius 3 is 2.59 bits per heavy atom. The maximum atomic E-state index is 12.2. The van der Waals surface area contributed by atoms with Crippen LogP contribution in [0, 0.1) is 12.1 Å². The lowest BCUT2D eigenvalue weighted by molar-refractivity contribution is -0.0503. The third-order valence-electron chi connectivity index (χ3n) is 4.26. The molecule has 0 bridgehead atoms. The molecule has 2 aromatic heterocycles. The number of anilines is 1. The van der Waals surface area contributed by atoms with E-state index >= 15 is 0 Å². The van der Waals surface area contributed by atoms with E-state index in [9.17, 15) is 38.5 Å². The minimum atomic E-state index is -5.34. The van der Waals surface area contributed by atoms with Crippen molar-refractivity contribution in [3.8, 4) is 12.1 Å². The monoisotopic (exact) mass is 545 g/mol. The molecular formula is C13H18N5O13P3. The van der Waals surface area contributed by atoms with Gasteiger partial charge in [0.2, 0.25) is 5.95 Å². The van der Waals surface area contributed by atoms with Crippen molar-refractivity contribution in [2.45, 2.75) is 24.5 Å². The molecule has 18 nitrogen and oxygen atoms in total. The Kier molecular flexibility index (Phi) is 7.52. The normalized spacial score (nSPS) is 28.1. The van der Waals surface area contributed by atoms with E-state index in [-0.39, 0.29) is 17.1 Å². The number of nitrogens with two attached hydrogens (primary N) is 1. The fourth-order valence-electron chi connectivity index (χ4n) is 2.78. The molecule has 34 heavy (non-hydrogen) atoms. The first kappa shape index (κ1) is 26.6. The number of aliphatic hydroxyl groups excluding tert-OH is 2. The van der Waals surface area contributed by atoms with Crippen LogP contribution in [0.15, 0.2) is 11.1 Å². The molecule has 0 saturated carbocycles. The van der Waals surface area contributed by atoms with Crippen LogP contribution in [0.4, 0.5) is 5.95 Å². The average Bonchev–Trinajstić information content (AvgIpc) is 3.27. The SMILES string of the molecule is C#CP(=O)(O)OP(=O)(OC)OP(=O)(O)OC[C@H]1O[C@@H](n2cnc3c(=O)[nH]c(N)nc32)C(O)C1O. The van der Waals surface area contributed by atoms with Gasteiger partial charge in [0.15, 0.2) is 17.4 Å². The van der Waals surface area contributed by atoms with Crippen LogP contribution < -0.4 is 11.3 Å². The van der Waals surface area contributed by atoms with Gasteiger partial charge in [0.25, 0.3) is 5.56 Å². The Morgan fingerprint density at radius 1 is 1.29 bits per heavy atom. The van der Waals surface area contributed by atoms with Gasteiger partial charge in [-0.3, -0.25) is 23.4 Å². The van der Waals surface area contributed by atoms with E-state index in [4.69, 9.17) is 16.9 Å². The Morgan fingerprint density at radius 2 is 1.97 bits per heavy atom. The lowest BCUT2D eigenvalue weighted by atomic mass is 10.1. The number of aliphatic hydroxyl groups is 2. The number of hydrogen-bond acceptors (Lipinski definition) is 14. The van der Waals surface area contributed by atoms with Gasteiger partial charge in [-0.05, 0) is 0 Å². The molecule has 7 atom stereocenters. The molecule has 21 heteroatoms. The summed E-state index contributed by atoms with van der Waals surface area (Å²) in [5, 5.41) is 20.6. The van der Waals surface area contributed by atoms with Crippen molar-refractivity contribution < 1.29 is 56.1 Å². The first-order valence-corrected chi connectivity index (χ1v) is 13.3. The molecule has 1 aliphatic rings. The first-order chi connectivity index (χ1) is 15.7. The van der Waals surface area contributed by atoms with E-state index in [1.165, 1.54) is 5.66 Å². The van der Waals surface area contributed by atoms with Crippen LogP contribution in [0.1, 0.15) is 6.23 Å². The summed E-state index contributed by atoms with van der Waals surface area (Å²) in [4.78, 5) is 40.9. The number of nitrogens with zero attached hydrogens (tertiary/aromatic N) is 3. The van der Waals surface area contributed by atoms with Gasteiger partial charge >= 0.3 is 23.2 Å². The first-order valence-electron chi connectivity index (χ1n) is 8.81. The predicted molar refractivity (Wildman–Crippen MR) is 110 cm³/mol. The summed E-state index contributed by atoms with van der Waals surface area (Å²) in [5.41, 5.74) is 5.87. The van der Waals surface area contributed by atoms with Crippen LogP contribution in [0.3, 0.4) is 0 Å². The molecular weight excluding hydrogens is 527 g/mol. The molecule has 0 amide bonds. The highest BCUT2D eigenvalue weighted by Gasteiger charge is 2.47. The van der Waals surface area contributed by atoms with Gasteiger partial charge in [-0.25, -0.2) is 18.7 Å². The number of aromatic nitrogens is 4. The van der Waals surface area contributed by atoms with Gasteiger partial charge in [0.1, 0.15) is 18.3 Å². The lowest BCUT2D eigenvalue weighted by Gasteiger charge is -2.21. The molecule has 1 saturated heterocycles. The number of nitrogen functional groups attached to an aromatic ring is 1. The summed E-state index contributed by atoms with van der Waals surface area (Å²) in [5.74, 6) is -0.257. The maximum absolute atomic E-state index is 12.2. The zero-order valence-corrected chi connectivity index (χ0v) is 19.6. The number of phosphoric acid groups is 2. The second-order valence-electron chi connectivity index (χ2n) is 6.53. The number of fused-ring (bicyclic) bond motifs is 1. The number of nitrogens with one attached hydrogen (secondary N) is 1. The Labute approximate surface area is 189 Å². The van der Waals surface area contributed by atoms with Gasteiger partial charge in [0, 0.05) is 12.8 Å². The molecule has 1 aliphatic heterocycles. The predicted octanol–water partition coefficient (Wildman–Crippen LogP) is -0.998. The van der Waals surface area contributed by atoms with Crippen LogP contribution in [0.2, 0.25) is 0 Å². The average molecular weight is 545 g/mol. The van der Waals surface area contributed by atoms with Gasteiger partial charge in [0.05, 0.1) is 12.9 Å². The molecule has 188 valence electrons. The minimum absolute atomic E-state index is 0.0876. The Hall–Kier alpha value is -1.96. The smallest absolute Gasteiger partial charge is 0.387 e. The number of terminal acetylenes is 1. The van der Waals surface area contributed by atoms with Gasteiger partial charge in [-0.1, -0.05) is 0 Å².